The molecule has 0 saturated heterocycles. The van der Waals surface area contributed by atoms with Gasteiger partial charge in [0, 0.05) is 0 Å². The van der Waals surface area contributed by atoms with Gasteiger partial charge < -0.3 is 0 Å². The van der Waals surface area contributed by atoms with Crippen LogP contribution in [0.2, 0.25) is 0 Å². The van der Waals surface area contributed by atoms with Gasteiger partial charge in [0.05, 0.1) is 0 Å². The molecule has 0 bridgehead atoms. The van der Waals surface area contributed by atoms with Crippen LogP contribution in [0.15, 0.2) is 78.9 Å². The number of rotatable bonds is 4. The second-order valence-electron chi connectivity index (χ2n) is 5.24. The molecule has 102 valence electrons. The van der Waals surface area contributed by atoms with E-state index in [0.717, 1.165) is 12.8 Å². The van der Waals surface area contributed by atoms with Crippen molar-refractivity contribution >= 4 is 21.2 Å². The number of benzene rings is 3. The Balaban J connectivity index is 1.92. The van der Waals surface area contributed by atoms with Gasteiger partial charge in [-0.1, -0.05) is 0 Å². The SMILES string of the molecule is [As]c1cccc(Cc2ccccc2)c1Cc1ccccc1. The van der Waals surface area contributed by atoms with Gasteiger partial charge in [-0.25, -0.2) is 0 Å². The van der Waals surface area contributed by atoms with Crippen molar-refractivity contribution < 1.29 is 0 Å². The summed E-state index contributed by atoms with van der Waals surface area (Å²) in [4.78, 5) is 0. The Hall–Kier alpha value is -1.78. The van der Waals surface area contributed by atoms with Crippen molar-refractivity contribution in [3.63, 3.8) is 0 Å². The van der Waals surface area contributed by atoms with E-state index < -0.39 is 0 Å². The molecule has 0 heterocycles. The molecule has 0 amide bonds. The Morgan fingerprint density at radius 2 is 1.14 bits per heavy atom. The van der Waals surface area contributed by atoms with Crippen LogP contribution in [0, 0.1) is 0 Å². The molecule has 0 saturated carbocycles. The molecule has 0 unspecified atom stereocenters. The molecule has 2 radical (unpaired) electrons. The summed E-state index contributed by atoms with van der Waals surface area (Å²) in [6, 6.07) is 28.0. The van der Waals surface area contributed by atoms with Gasteiger partial charge >= 0.3 is 135 Å². The van der Waals surface area contributed by atoms with E-state index in [1.807, 2.05) is 0 Å². The van der Waals surface area contributed by atoms with E-state index in [0.29, 0.717) is 0 Å². The normalized spacial score (nSPS) is 10.5. The molecule has 0 atom stereocenters. The van der Waals surface area contributed by atoms with Gasteiger partial charge in [-0.15, -0.1) is 0 Å². The summed E-state index contributed by atoms with van der Waals surface area (Å²) < 4.78 is 1.32. The minimum absolute atomic E-state index is 0.994. The van der Waals surface area contributed by atoms with Gasteiger partial charge in [-0.2, -0.15) is 0 Å². The van der Waals surface area contributed by atoms with E-state index in [2.05, 4.69) is 95.7 Å². The molecule has 21 heavy (non-hydrogen) atoms. The third kappa shape index (κ3) is 3.65. The second kappa shape index (κ2) is 6.78. The zero-order valence-electron chi connectivity index (χ0n) is 11.9. The molecule has 0 aromatic heterocycles. The number of hydrogen-bond donors (Lipinski definition) is 0. The van der Waals surface area contributed by atoms with Crippen molar-refractivity contribution in [3.8, 4) is 0 Å². The van der Waals surface area contributed by atoms with Crippen molar-refractivity contribution in [2.24, 2.45) is 0 Å². The zero-order chi connectivity index (χ0) is 14.5. The molecule has 0 aliphatic rings. The number of hydrogen-bond acceptors (Lipinski definition) is 0. The molecule has 0 nitrogen and oxygen atoms in total. The fourth-order valence-corrected chi connectivity index (χ4v) is 3.25. The summed E-state index contributed by atoms with van der Waals surface area (Å²) in [5, 5.41) is 0. The van der Waals surface area contributed by atoms with Crippen LogP contribution in [0.5, 0.6) is 0 Å². The Kier molecular flexibility index (Phi) is 4.58. The van der Waals surface area contributed by atoms with Gasteiger partial charge in [0.2, 0.25) is 0 Å². The van der Waals surface area contributed by atoms with E-state index in [4.69, 9.17) is 0 Å². The second-order valence-corrected chi connectivity index (χ2v) is 6.25. The average Bonchev–Trinajstić information content (AvgIpc) is 2.53. The molecule has 3 aromatic rings. The predicted molar refractivity (Wildman–Crippen MR) is 90.3 cm³/mol. The van der Waals surface area contributed by atoms with E-state index in [1.165, 1.54) is 26.6 Å². The molecule has 1 heteroatoms. The van der Waals surface area contributed by atoms with Crippen LogP contribution in [0.4, 0.5) is 0 Å². The van der Waals surface area contributed by atoms with Gasteiger partial charge in [0.15, 0.2) is 0 Å². The summed E-state index contributed by atoms with van der Waals surface area (Å²) in [6.45, 7) is 0. The summed E-state index contributed by atoms with van der Waals surface area (Å²) >= 11 is 2.72. The van der Waals surface area contributed by atoms with Crippen molar-refractivity contribution in [1.82, 2.24) is 0 Å². The molecule has 0 N–H and O–H groups in total. The topological polar surface area (TPSA) is 0 Å². The first kappa shape index (κ1) is 14.2. The quantitative estimate of drug-likeness (QED) is 0.640. The maximum absolute atomic E-state index is 2.72. The monoisotopic (exact) mass is 332 g/mol. The van der Waals surface area contributed by atoms with Crippen LogP contribution in [0.1, 0.15) is 22.3 Å². The predicted octanol–water partition coefficient (Wildman–Crippen LogP) is 3.66. The molecule has 0 spiro atoms. The van der Waals surface area contributed by atoms with Crippen LogP contribution in [0.25, 0.3) is 0 Å². The van der Waals surface area contributed by atoms with Crippen molar-refractivity contribution in [2.75, 3.05) is 0 Å². The molecule has 3 rings (SSSR count). The Bertz CT molecular complexity index is 702. The van der Waals surface area contributed by atoms with Crippen molar-refractivity contribution in [3.05, 3.63) is 101 Å². The Morgan fingerprint density at radius 3 is 1.76 bits per heavy atom. The van der Waals surface area contributed by atoms with Gasteiger partial charge in [-0.3, -0.25) is 0 Å². The molecule has 0 fully saturated rings. The van der Waals surface area contributed by atoms with Crippen LogP contribution >= 0.6 is 0 Å². The first-order valence-corrected chi connectivity index (χ1v) is 8.14. The molecular weight excluding hydrogens is 315 g/mol. The van der Waals surface area contributed by atoms with Crippen LogP contribution in [-0.2, 0) is 12.8 Å². The Labute approximate surface area is 135 Å². The van der Waals surface area contributed by atoms with E-state index in [9.17, 15) is 0 Å². The molecular formula is C20H17As. The van der Waals surface area contributed by atoms with E-state index >= 15 is 0 Å². The van der Waals surface area contributed by atoms with E-state index in [-0.39, 0.29) is 0 Å². The fraction of sp³-hybridized carbons (Fsp3) is 0.100. The van der Waals surface area contributed by atoms with Crippen molar-refractivity contribution in [1.29, 1.82) is 0 Å². The third-order valence-electron chi connectivity index (χ3n) is 3.71. The maximum atomic E-state index is 2.72. The third-order valence-corrected chi connectivity index (χ3v) is 4.59. The van der Waals surface area contributed by atoms with Gasteiger partial charge in [0.25, 0.3) is 0 Å². The summed E-state index contributed by atoms with van der Waals surface area (Å²) in [5.41, 5.74) is 5.59. The summed E-state index contributed by atoms with van der Waals surface area (Å²) in [5.74, 6) is 0. The Morgan fingerprint density at radius 1 is 0.571 bits per heavy atom. The summed E-state index contributed by atoms with van der Waals surface area (Å²) in [6.07, 6.45) is 1.99. The van der Waals surface area contributed by atoms with Gasteiger partial charge in [0.1, 0.15) is 0 Å². The van der Waals surface area contributed by atoms with E-state index in [1.54, 1.807) is 0 Å². The van der Waals surface area contributed by atoms with Crippen molar-refractivity contribution in [2.45, 2.75) is 12.8 Å². The van der Waals surface area contributed by atoms with Crippen LogP contribution in [-0.4, -0.2) is 16.9 Å². The molecule has 0 aliphatic heterocycles. The standard InChI is InChI=1S/C20H17As/c21-20-13-7-12-18(14-16-8-3-1-4-9-16)19(20)15-17-10-5-2-6-11-17/h1-13H,14-15H2. The summed E-state index contributed by atoms with van der Waals surface area (Å²) in [7, 11) is 0. The average molecular weight is 332 g/mol. The molecule has 3 aromatic carbocycles. The minimum atomic E-state index is 0.994. The fourth-order valence-electron chi connectivity index (χ4n) is 2.61. The van der Waals surface area contributed by atoms with Crippen LogP contribution in [0.3, 0.4) is 0 Å². The van der Waals surface area contributed by atoms with Crippen LogP contribution < -0.4 is 4.35 Å². The van der Waals surface area contributed by atoms with Gasteiger partial charge in [-0.05, 0) is 0 Å². The zero-order valence-corrected chi connectivity index (χ0v) is 13.7. The first-order chi connectivity index (χ1) is 10.3. The molecule has 0 aliphatic carbocycles. The first-order valence-electron chi connectivity index (χ1n) is 7.20.